The van der Waals surface area contributed by atoms with Crippen molar-refractivity contribution in [2.24, 2.45) is 5.16 Å². The van der Waals surface area contributed by atoms with E-state index in [-0.39, 0.29) is 22.9 Å². The Morgan fingerprint density at radius 2 is 1.63 bits per heavy atom. The van der Waals surface area contributed by atoms with E-state index >= 15 is 0 Å². The van der Waals surface area contributed by atoms with Crippen LogP contribution in [0.1, 0.15) is 22.4 Å². The average Bonchev–Trinajstić information content (AvgIpc) is 3.91. The number of carboxylic acid groups (broad SMARTS) is 1. The van der Waals surface area contributed by atoms with Crippen LogP contribution in [0.5, 0.6) is 0 Å². The van der Waals surface area contributed by atoms with Gasteiger partial charge in [0, 0.05) is 16.9 Å². The van der Waals surface area contributed by atoms with E-state index in [1.54, 1.807) is 12.1 Å². The van der Waals surface area contributed by atoms with E-state index in [1.165, 1.54) is 33.5 Å². The number of benzene rings is 3. The van der Waals surface area contributed by atoms with Crippen LogP contribution in [0.4, 0.5) is 13.9 Å². The maximum absolute atomic E-state index is 13.8. The van der Waals surface area contributed by atoms with Gasteiger partial charge >= 0.3 is 12.6 Å². The minimum Gasteiger partial charge on any atom is -0.477 e. The highest BCUT2D eigenvalue weighted by molar-refractivity contribution is 8.01. The number of rotatable bonds is 14. The molecule has 0 radical (unpaired) electrons. The van der Waals surface area contributed by atoms with Gasteiger partial charge in [-0.15, -0.1) is 49.7 Å². The van der Waals surface area contributed by atoms with Crippen molar-refractivity contribution in [3.05, 3.63) is 142 Å². The monoisotopic (exact) mass is 826 g/mol. The summed E-state index contributed by atoms with van der Waals surface area (Å²) in [4.78, 5) is 49.7. The van der Waals surface area contributed by atoms with Crippen LogP contribution in [0.25, 0.3) is 5.65 Å². The number of hydrogen-bond acceptors (Lipinski definition) is 14. The van der Waals surface area contributed by atoms with Crippen molar-refractivity contribution in [3.63, 3.8) is 0 Å². The van der Waals surface area contributed by atoms with Crippen LogP contribution in [-0.4, -0.2) is 93.3 Å². The van der Waals surface area contributed by atoms with Crippen molar-refractivity contribution >= 4 is 69.1 Å². The van der Waals surface area contributed by atoms with Gasteiger partial charge in [-0.2, -0.15) is 8.78 Å². The molecule has 8 rings (SSSR count). The Morgan fingerprint density at radius 1 is 0.982 bits per heavy atom. The first kappa shape index (κ1) is 37.7. The van der Waals surface area contributed by atoms with Crippen molar-refractivity contribution in [2.75, 3.05) is 16.8 Å². The number of aromatic nitrogens is 6. The lowest BCUT2D eigenvalue weighted by Crippen LogP contribution is -2.71. The summed E-state index contributed by atoms with van der Waals surface area (Å²) in [5.74, 6) is -2.60. The summed E-state index contributed by atoms with van der Waals surface area (Å²) in [5.41, 5.74) is 1.67. The zero-order valence-electron chi connectivity index (χ0n) is 29.2. The molecule has 3 N–H and O–H groups in total. The number of nitrogens with zero attached hydrogens (tertiary/aromatic N) is 8. The number of aliphatic carboxylic acids is 1. The zero-order valence-corrected chi connectivity index (χ0v) is 31.6. The Morgan fingerprint density at radius 3 is 2.25 bits per heavy atom. The number of thioether (sulfide) groups is 2. The molecule has 2 atom stereocenters. The van der Waals surface area contributed by atoms with Gasteiger partial charge in [-0.25, -0.2) is 9.78 Å². The van der Waals surface area contributed by atoms with Crippen LogP contribution in [0, 0.1) is 0 Å². The molecule has 15 nitrogen and oxygen atoms in total. The molecule has 1 saturated heterocycles. The molecule has 3 aromatic carbocycles. The first-order valence-corrected chi connectivity index (χ1v) is 20.0. The van der Waals surface area contributed by atoms with Gasteiger partial charge in [-0.1, -0.05) is 96.2 Å². The first-order chi connectivity index (χ1) is 27.7. The third-order valence-corrected chi connectivity index (χ3v) is 12.2. The molecule has 2 aliphatic rings. The summed E-state index contributed by atoms with van der Waals surface area (Å²) >= 11 is 3.60. The fourth-order valence-corrected chi connectivity index (χ4v) is 9.64. The minimum atomic E-state index is -3.36. The first-order valence-electron chi connectivity index (χ1n) is 17.0. The molecule has 1 fully saturated rings. The molecule has 20 heteroatoms. The second-order valence-corrected chi connectivity index (χ2v) is 15.4. The standard InChI is InChI=1S/C37H28F2N10O5S3/c38-35(39)54-45-28(25-20-57-36(40-25)42-37(22-10-4-1-5-11-22,23-12-6-2-7-13-23)24-14-8-3-9-15-24)31(50)41-29-32(51)48-30(34(52)53)21(19-56-33(29)48)18-55-27-17-16-26-43-46-47-49(26)44-27/h1-17,20,29,33,35H,18-19H2,(H,40,42)(H,41,50)(H,52,53)/t29?,33-/m0/s1. The highest BCUT2D eigenvalue weighted by Crippen LogP contribution is 2.43. The molecule has 288 valence electrons. The molecule has 5 heterocycles. The van der Waals surface area contributed by atoms with Crippen LogP contribution in [-0.2, 0) is 24.8 Å². The molecule has 0 aliphatic carbocycles. The number of β-lactam (4-membered cyclic amide) rings is 1. The second-order valence-electron chi connectivity index (χ2n) is 12.4. The van der Waals surface area contributed by atoms with Crippen molar-refractivity contribution < 1.29 is 33.1 Å². The number of anilines is 1. The molecule has 1 unspecified atom stereocenters. The number of carbonyl (C=O) groups excluding carboxylic acids is 2. The number of carbonyl (C=O) groups is 3. The maximum Gasteiger partial charge on any atom is 0.407 e. The Hall–Kier alpha value is -6.25. The number of halogens is 2. The lowest BCUT2D eigenvalue weighted by atomic mass is 9.77. The number of hydrogen-bond donors (Lipinski definition) is 3. The van der Waals surface area contributed by atoms with Crippen molar-refractivity contribution in [1.29, 1.82) is 0 Å². The number of tetrazole rings is 1. The molecule has 3 aromatic heterocycles. The van der Waals surface area contributed by atoms with E-state index < -0.39 is 47.1 Å². The number of fused-ring (bicyclic) bond motifs is 2. The van der Waals surface area contributed by atoms with Gasteiger partial charge < -0.3 is 20.6 Å². The molecule has 2 aliphatic heterocycles. The summed E-state index contributed by atoms with van der Waals surface area (Å²) in [6.07, 6.45) is 0. The zero-order chi connectivity index (χ0) is 39.5. The van der Waals surface area contributed by atoms with Crippen LogP contribution in [0.3, 0.4) is 0 Å². The van der Waals surface area contributed by atoms with Gasteiger partial charge in [0.25, 0.3) is 11.8 Å². The van der Waals surface area contributed by atoms with E-state index in [0.29, 0.717) is 21.4 Å². The van der Waals surface area contributed by atoms with E-state index in [1.807, 2.05) is 91.0 Å². The van der Waals surface area contributed by atoms with Crippen LogP contribution >= 0.6 is 34.9 Å². The summed E-state index contributed by atoms with van der Waals surface area (Å²) < 4.78 is 27.9. The minimum absolute atomic E-state index is 0.0948. The van der Waals surface area contributed by atoms with E-state index in [9.17, 15) is 28.3 Å². The van der Waals surface area contributed by atoms with E-state index in [2.05, 4.69) is 46.2 Å². The number of nitrogens with one attached hydrogen (secondary N) is 2. The molecule has 57 heavy (non-hydrogen) atoms. The molecular weight excluding hydrogens is 799 g/mol. The Balaban J connectivity index is 1.04. The summed E-state index contributed by atoms with van der Waals surface area (Å²) in [7, 11) is 0. The smallest absolute Gasteiger partial charge is 0.407 e. The quantitative estimate of drug-likeness (QED) is 0.0445. The third kappa shape index (κ3) is 7.41. The van der Waals surface area contributed by atoms with Gasteiger partial charge in [0.1, 0.15) is 33.4 Å². The van der Waals surface area contributed by atoms with Crippen LogP contribution < -0.4 is 10.6 Å². The highest BCUT2D eigenvalue weighted by atomic mass is 32.2. The van der Waals surface area contributed by atoms with Crippen molar-refractivity contribution in [3.8, 4) is 0 Å². The predicted octanol–water partition coefficient (Wildman–Crippen LogP) is 4.85. The lowest BCUT2D eigenvalue weighted by Gasteiger charge is -2.49. The molecule has 0 bridgehead atoms. The van der Waals surface area contributed by atoms with Gasteiger partial charge in [0.15, 0.2) is 16.5 Å². The Kier molecular flexibility index (Phi) is 10.6. The summed E-state index contributed by atoms with van der Waals surface area (Å²) in [5, 5.41) is 36.7. The fraction of sp³-hybridized carbons (Fsp3) is 0.162. The molecule has 2 amide bonds. The summed E-state index contributed by atoms with van der Waals surface area (Å²) in [6, 6.07) is 31.2. The number of thiazole rings is 1. The summed E-state index contributed by atoms with van der Waals surface area (Å²) in [6.45, 7) is -3.36. The van der Waals surface area contributed by atoms with Gasteiger partial charge in [-0.05, 0) is 44.8 Å². The largest absolute Gasteiger partial charge is 0.477 e. The SMILES string of the molecule is O=C(O)C1=C(CSc2ccc3nnnn3n2)CS[C@H]2C(NC(=O)C(=NOC(F)F)c3csc(NC(c4ccccc4)(c4ccccc4)c4ccccc4)n3)C(=O)N12. The van der Waals surface area contributed by atoms with Gasteiger partial charge in [0.05, 0.1) is 0 Å². The average molecular weight is 827 g/mol. The van der Waals surface area contributed by atoms with Gasteiger partial charge in [-0.3, -0.25) is 14.5 Å². The Labute approximate surface area is 334 Å². The number of alkyl halides is 2. The normalized spacial score (nSPS) is 17.0. The van der Waals surface area contributed by atoms with Crippen LogP contribution in [0.15, 0.2) is 130 Å². The Bertz CT molecular complexity index is 2410. The highest BCUT2D eigenvalue weighted by Gasteiger charge is 2.54. The van der Waals surface area contributed by atoms with E-state index in [0.717, 1.165) is 32.9 Å². The third-order valence-electron chi connectivity index (χ3n) is 9.08. The van der Waals surface area contributed by atoms with Crippen LogP contribution in [0.2, 0.25) is 0 Å². The number of carboxylic acids is 1. The van der Waals surface area contributed by atoms with Crippen molar-refractivity contribution in [1.82, 2.24) is 40.5 Å². The van der Waals surface area contributed by atoms with Crippen molar-refractivity contribution in [2.45, 2.75) is 28.6 Å². The topological polar surface area (TPSA) is 189 Å². The number of oxime groups is 1. The fourth-order valence-electron chi connectivity index (χ4n) is 6.55. The molecule has 0 saturated carbocycles. The number of amides is 2. The maximum atomic E-state index is 13.8. The molecule has 6 aromatic rings. The molecule has 0 spiro atoms. The van der Waals surface area contributed by atoms with Gasteiger partial charge in [0.2, 0.25) is 0 Å². The predicted molar refractivity (Wildman–Crippen MR) is 208 cm³/mol. The van der Waals surface area contributed by atoms with E-state index in [4.69, 9.17) is 0 Å². The second kappa shape index (κ2) is 16.1. The lowest BCUT2D eigenvalue weighted by molar-refractivity contribution is -0.150. The molecular formula is C37H28F2N10O5S3.